The van der Waals surface area contributed by atoms with E-state index in [1.165, 1.54) is 28.5 Å². The van der Waals surface area contributed by atoms with Gasteiger partial charge in [-0.3, -0.25) is 19.2 Å². The fourth-order valence-electron chi connectivity index (χ4n) is 7.38. The highest BCUT2D eigenvalue weighted by atomic mass is 32.1. The number of benzene rings is 2. The number of Topliss-reactive ketones (excluding diaryl/α,β-unsaturated/α-hetero) is 4. The lowest BCUT2D eigenvalue weighted by molar-refractivity contribution is -0.137. The predicted octanol–water partition coefficient (Wildman–Crippen LogP) is 8.98. The van der Waals surface area contributed by atoms with Gasteiger partial charge >= 0.3 is 6.18 Å². The van der Waals surface area contributed by atoms with Crippen molar-refractivity contribution in [2.45, 2.75) is 50.6 Å². The van der Waals surface area contributed by atoms with E-state index in [9.17, 15) is 32.3 Å². The van der Waals surface area contributed by atoms with Gasteiger partial charge in [-0.05, 0) is 84.5 Å². The van der Waals surface area contributed by atoms with Gasteiger partial charge in [-0.1, -0.05) is 43.0 Å². The number of ketones is 4. The molecule has 2 aromatic carbocycles. The lowest BCUT2D eigenvalue weighted by Gasteiger charge is -2.34. The Morgan fingerprint density at radius 2 is 1.16 bits per heavy atom. The maximum atomic E-state index is 13.3. The molecule has 0 aliphatic heterocycles. The van der Waals surface area contributed by atoms with E-state index in [2.05, 4.69) is 12.1 Å². The van der Waals surface area contributed by atoms with E-state index in [1.807, 2.05) is 25.1 Å². The van der Waals surface area contributed by atoms with Crippen LogP contribution in [0.4, 0.5) is 13.2 Å². The summed E-state index contributed by atoms with van der Waals surface area (Å²) >= 11 is 3.07. The molecule has 0 N–H and O–H groups in total. The normalized spacial score (nSPS) is 20.0. The lowest BCUT2D eigenvalue weighted by Crippen LogP contribution is -2.27. The number of carbonyl (C=O) groups is 4. The lowest BCUT2D eigenvalue weighted by atomic mass is 9.68. The fraction of sp³-hybridized carbons (Fsp3) is 0.222. The van der Waals surface area contributed by atoms with Gasteiger partial charge in [0.15, 0.2) is 0 Å². The number of fused-ring (bicyclic) bond motifs is 7. The van der Waals surface area contributed by atoms with E-state index in [4.69, 9.17) is 0 Å². The molecular formula is C36H23F3O4S2. The molecule has 0 saturated heterocycles. The van der Waals surface area contributed by atoms with Crippen molar-refractivity contribution in [3.63, 3.8) is 0 Å². The smallest absolute Gasteiger partial charge is 0.285 e. The van der Waals surface area contributed by atoms with Gasteiger partial charge in [-0.25, -0.2) is 0 Å². The molecule has 0 bridgehead atoms. The highest BCUT2D eigenvalue weighted by Gasteiger charge is 2.47. The summed E-state index contributed by atoms with van der Waals surface area (Å²) in [6, 6.07) is 12.6. The van der Waals surface area contributed by atoms with Crippen molar-refractivity contribution in [3.05, 3.63) is 103 Å². The fourth-order valence-corrected chi connectivity index (χ4v) is 9.94. The predicted molar refractivity (Wildman–Crippen MR) is 169 cm³/mol. The van der Waals surface area contributed by atoms with Crippen LogP contribution in [0, 0.1) is 6.92 Å². The van der Waals surface area contributed by atoms with Crippen molar-refractivity contribution in [2.24, 2.45) is 0 Å². The Bertz CT molecular complexity index is 2120. The highest BCUT2D eigenvalue weighted by molar-refractivity contribution is 7.23. The Hall–Kier alpha value is -4.21. The Balaban J connectivity index is 1.23. The van der Waals surface area contributed by atoms with Gasteiger partial charge in [0.05, 0.1) is 5.56 Å². The molecule has 0 amide bonds. The van der Waals surface area contributed by atoms with Crippen LogP contribution < -0.4 is 0 Å². The molecule has 9 heteroatoms. The van der Waals surface area contributed by atoms with Gasteiger partial charge < -0.3 is 0 Å². The second kappa shape index (κ2) is 9.64. The number of hydrogen-bond donors (Lipinski definition) is 0. The summed E-state index contributed by atoms with van der Waals surface area (Å²) in [4.78, 5) is 55.2. The van der Waals surface area contributed by atoms with E-state index in [-0.39, 0.29) is 22.1 Å². The van der Waals surface area contributed by atoms with Crippen LogP contribution in [-0.2, 0) is 21.2 Å². The first-order chi connectivity index (χ1) is 21.5. The number of alkyl halides is 3. The molecule has 0 radical (unpaired) electrons. The van der Waals surface area contributed by atoms with Crippen LogP contribution in [0.5, 0.6) is 0 Å². The zero-order chi connectivity index (χ0) is 31.4. The zero-order valence-corrected chi connectivity index (χ0v) is 25.5. The SMILES string of the molecule is Cc1ccc2c(c1)C(=O)C(=O)/C2=C\c1cc2c(s1)-c1sc(/C=C3\C(=O)C(=O)c4cc(C(F)(F)F)ccc43)cc1C21CCCCC1. The second-order valence-electron chi connectivity index (χ2n) is 12.2. The maximum absolute atomic E-state index is 13.3. The van der Waals surface area contributed by atoms with Gasteiger partial charge in [0, 0.05) is 47.2 Å². The topological polar surface area (TPSA) is 68.3 Å². The summed E-state index contributed by atoms with van der Waals surface area (Å²) < 4.78 is 39.9. The molecule has 45 heavy (non-hydrogen) atoms. The van der Waals surface area contributed by atoms with Crippen LogP contribution in [-0.4, -0.2) is 23.1 Å². The van der Waals surface area contributed by atoms with Crippen molar-refractivity contribution in [2.75, 3.05) is 0 Å². The molecule has 0 unspecified atom stereocenters. The van der Waals surface area contributed by atoms with E-state index < -0.39 is 34.9 Å². The minimum atomic E-state index is -4.62. The van der Waals surface area contributed by atoms with Crippen LogP contribution in [0.15, 0.2) is 48.5 Å². The first-order valence-corrected chi connectivity index (χ1v) is 16.3. The minimum Gasteiger partial charge on any atom is -0.285 e. The number of halogens is 3. The Labute approximate surface area is 263 Å². The van der Waals surface area contributed by atoms with Gasteiger partial charge in [0.1, 0.15) is 0 Å². The van der Waals surface area contributed by atoms with Crippen LogP contribution in [0.25, 0.3) is 33.1 Å². The first kappa shape index (κ1) is 28.3. The Morgan fingerprint density at radius 3 is 1.69 bits per heavy atom. The molecule has 4 aliphatic carbocycles. The standard InChI is InChI=1S/C36H23F3O4S2/c1-17-5-7-21-23(11-17)29(40)31(42)25(21)13-19-15-27-33(44-19)34-28(35(27)9-3-2-4-10-35)16-20(45-34)14-26-22-8-6-18(36(37,38)39)12-24(22)30(41)32(26)43/h5-8,11-16H,2-4,9-10H2,1H3/b25-13-,26-14-. The molecule has 1 saturated carbocycles. The number of hydrogen-bond acceptors (Lipinski definition) is 6. The third kappa shape index (κ3) is 4.10. The van der Waals surface area contributed by atoms with Gasteiger partial charge in [-0.2, -0.15) is 13.2 Å². The van der Waals surface area contributed by atoms with Gasteiger partial charge in [0.25, 0.3) is 0 Å². The summed E-state index contributed by atoms with van der Waals surface area (Å²) in [5.74, 6) is -2.71. The molecule has 1 fully saturated rings. The zero-order valence-electron chi connectivity index (χ0n) is 23.9. The quantitative estimate of drug-likeness (QED) is 0.162. The number of thiophene rings is 2. The largest absolute Gasteiger partial charge is 0.416 e. The molecule has 4 aromatic rings. The highest BCUT2D eigenvalue weighted by Crippen LogP contribution is 2.61. The number of allylic oxidation sites excluding steroid dienone is 2. The summed E-state index contributed by atoms with van der Waals surface area (Å²) in [5, 5.41) is 0. The van der Waals surface area contributed by atoms with Crippen LogP contribution in [0.1, 0.15) is 96.0 Å². The van der Waals surface area contributed by atoms with Crippen molar-refractivity contribution in [1.82, 2.24) is 0 Å². The van der Waals surface area contributed by atoms with Gasteiger partial charge in [-0.15, -0.1) is 22.7 Å². The third-order valence-electron chi connectivity index (χ3n) is 9.51. The monoisotopic (exact) mass is 640 g/mol. The number of carbonyl (C=O) groups excluding carboxylic acids is 4. The Morgan fingerprint density at radius 1 is 0.644 bits per heavy atom. The Kier molecular flexibility index (Phi) is 6.06. The molecule has 2 heterocycles. The molecule has 4 aliphatic rings. The average molecular weight is 641 g/mol. The van der Waals surface area contributed by atoms with E-state index in [0.717, 1.165) is 69.3 Å². The van der Waals surface area contributed by atoms with Crippen molar-refractivity contribution < 1.29 is 32.3 Å². The molecule has 1 spiro atoms. The summed E-state index contributed by atoms with van der Waals surface area (Å²) in [6.45, 7) is 1.89. The molecule has 4 nitrogen and oxygen atoms in total. The molecule has 2 aromatic heterocycles. The summed E-state index contributed by atoms with van der Waals surface area (Å²) in [7, 11) is 0. The third-order valence-corrected chi connectivity index (χ3v) is 11.8. The van der Waals surface area contributed by atoms with Crippen LogP contribution in [0.3, 0.4) is 0 Å². The van der Waals surface area contributed by atoms with E-state index >= 15 is 0 Å². The van der Waals surface area contributed by atoms with Crippen molar-refractivity contribution >= 4 is 69.1 Å². The average Bonchev–Trinajstić information content (AvgIpc) is 3.78. The van der Waals surface area contributed by atoms with Crippen molar-refractivity contribution in [1.29, 1.82) is 0 Å². The second-order valence-corrected chi connectivity index (χ2v) is 14.3. The maximum Gasteiger partial charge on any atom is 0.416 e. The summed E-state index contributed by atoms with van der Waals surface area (Å²) in [5.41, 5.74) is 3.74. The van der Waals surface area contributed by atoms with Gasteiger partial charge in [0.2, 0.25) is 23.1 Å². The van der Waals surface area contributed by atoms with Crippen molar-refractivity contribution in [3.8, 4) is 9.75 Å². The minimum absolute atomic E-state index is 0.108. The number of aryl methyl sites for hydroxylation is 1. The van der Waals surface area contributed by atoms with E-state index in [0.29, 0.717) is 16.7 Å². The van der Waals surface area contributed by atoms with E-state index in [1.54, 1.807) is 23.5 Å². The molecular weight excluding hydrogens is 618 g/mol. The first-order valence-electron chi connectivity index (χ1n) is 14.7. The molecule has 8 rings (SSSR count). The van der Waals surface area contributed by atoms with Crippen LogP contribution in [0.2, 0.25) is 0 Å². The number of rotatable bonds is 2. The molecule has 0 atom stereocenters. The summed E-state index contributed by atoms with van der Waals surface area (Å²) in [6.07, 6.45) is 3.98. The van der Waals surface area contributed by atoms with Crippen LogP contribution >= 0.6 is 22.7 Å². The molecule has 224 valence electrons.